The molecule has 0 aromatic heterocycles. The third-order valence-corrected chi connectivity index (χ3v) is 5.00. The highest BCUT2D eigenvalue weighted by atomic mass is 16.2. The van der Waals surface area contributed by atoms with E-state index in [9.17, 15) is 4.79 Å². The Balaban J connectivity index is 1.94. The van der Waals surface area contributed by atoms with Crippen LogP contribution in [0.15, 0.2) is 30.3 Å². The van der Waals surface area contributed by atoms with Crippen molar-refractivity contribution in [2.75, 3.05) is 20.1 Å². The molecule has 1 amide bonds. The summed E-state index contributed by atoms with van der Waals surface area (Å²) in [5, 5.41) is 0. The summed E-state index contributed by atoms with van der Waals surface area (Å²) in [6.45, 7) is 3.51. The molecule has 1 saturated carbocycles. The van der Waals surface area contributed by atoms with E-state index in [4.69, 9.17) is 5.73 Å². The molecule has 1 aromatic rings. The van der Waals surface area contributed by atoms with E-state index in [0.29, 0.717) is 6.54 Å². The van der Waals surface area contributed by atoms with E-state index in [1.54, 1.807) is 0 Å². The van der Waals surface area contributed by atoms with Crippen molar-refractivity contribution in [2.24, 2.45) is 17.1 Å². The van der Waals surface area contributed by atoms with E-state index < -0.39 is 0 Å². The fourth-order valence-corrected chi connectivity index (χ4v) is 3.27. The first-order valence-electron chi connectivity index (χ1n) is 8.07. The van der Waals surface area contributed by atoms with Crippen LogP contribution in [0.1, 0.15) is 38.2 Å². The molecule has 0 atom stereocenters. The van der Waals surface area contributed by atoms with Crippen LogP contribution in [0.5, 0.6) is 0 Å². The van der Waals surface area contributed by atoms with E-state index in [1.165, 1.54) is 5.56 Å². The van der Waals surface area contributed by atoms with Crippen LogP contribution in [-0.2, 0) is 11.2 Å². The van der Waals surface area contributed by atoms with Gasteiger partial charge < -0.3 is 10.6 Å². The molecule has 0 spiro atoms. The quantitative estimate of drug-likeness (QED) is 0.905. The lowest BCUT2D eigenvalue weighted by Gasteiger charge is -2.39. The maximum Gasteiger partial charge on any atom is 0.229 e. The maximum absolute atomic E-state index is 12.8. The minimum absolute atomic E-state index is 0.243. The Hall–Kier alpha value is -1.35. The second-order valence-electron chi connectivity index (χ2n) is 6.63. The summed E-state index contributed by atoms with van der Waals surface area (Å²) in [5.41, 5.74) is 6.95. The molecule has 1 aliphatic rings. The Kier molecular flexibility index (Phi) is 5.40. The zero-order chi connectivity index (χ0) is 15.3. The van der Waals surface area contributed by atoms with Gasteiger partial charge in [-0.25, -0.2) is 0 Å². The van der Waals surface area contributed by atoms with Gasteiger partial charge in [0.05, 0.1) is 5.41 Å². The van der Waals surface area contributed by atoms with Crippen molar-refractivity contribution in [1.29, 1.82) is 0 Å². The van der Waals surface area contributed by atoms with E-state index in [0.717, 1.165) is 44.6 Å². The zero-order valence-electron chi connectivity index (χ0n) is 13.3. The lowest BCUT2D eigenvalue weighted by Crippen LogP contribution is -2.49. The second kappa shape index (κ2) is 7.08. The molecule has 2 rings (SSSR count). The van der Waals surface area contributed by atoms with E-state index >= 15 is 0 Å². The fourth-order valence-electron chi connectivity index (χ4n) is 3.27. The summed E-state index contributed by atoms with van der Waals surface area (Å²) in [6.07, 6.45) is 5.03. The monoisotopic (exact) mass is 288 g/mol. The molecule has 0 radical (unpaired) electrons. The number of benzene rings is 1. The highest BCUT2D eigenvalue weighted by Gasteiger charge is 2.41. The number of likely N-dealkylation sites (N-methyl/N-ethyl adjacent to an activating group) is 1. The highest BCUT2D eigenvalue weighted by Crippen LogP contribution is 2.39. The molecule has 1 fully saturated rings. The first kappa shape index (κ1) is 16.0. The number of hydrogen-bond acceptors (Lipinski definition) is 2. The molecule has 0 heterocycles. The average molecular weight is 288 g/mol. The minimum Gasteiger partial charge on any atom is -0.345 e. The van der Waals surface area contributed by atoms with Crippen LogP contribution in [-0.4, -0.2) is 30.9 Å². The molecule has 0 saturated heterocycles. The van der Waals surface area contributed by atoms with E-state index in [1.807, 2.05) is 30.1 Å². The lowest BCUT2D eigenvalue weighted by molar-refractivity contribution is -0.142. The topological polar surface area (TPSA) is 46.3 Å². The Morgan fingerprint density at radius 1 is 1.29 bits per heavy atom. The Bertz CT molecular complexity index is 450. The van der Waals surface area contributed by atoms with Gasteiger partial charge in [-0.15, -0.1) is 0 Å². The van der Waals surface area contributed by atoms with Crippen molar-refractivity contribution >= 4 is 5.91 Å². The summed E-state index contributed by atoms with van der Waals surface area (Å²) >= 11 is 0. The number of nitrogens with zero attached hydrogens (tertiary/aromatic N) is 1. The third-order valence-electron chi connectivity index (χ3n) is 5.00. The molecule has 0 bridgehead atoms. The van der Waals surface area contributed by atoms with Gasteiger partial charge in [-0.1, -0.05) is 37.3 Å². The molecule has 0 unspecified atom stereocenters. The van der Waals surface area contributed by atoms with Gasteiger partial charge in [-0.2, -0.15) is 0 Å². The van der Waals surface area contributed by atoms with Crippen molar-refractivity contribution in [1.82, 2.24) is 4.90 Å². The van der Waals surface area contributed by atoms with Crippen LogP contribution in [0.2, 0.25) is 0 Å². The Morgan fingerprint density at radius 2 is 1.90 bits per heavy atom. The van der Waals surface area contributed by atoms with Gasteiger partial charge in [0.2, 0.25) is 5.91 Å². The SMILES string of the molecule is CC1CCC(CN)(C(=O)N(C)CCc2ccccc2)CC1. The van der Waals surface area contributed by atoms with Crippen LogP contribution in [0.25, 0.3) is 0 Å². The normalized spacial score (nSPS) is 25.6. The third kappa shape index (κ3) is 3.85. The molecule has 1 aliphatic carbocycles. The fraction of sp³-hybridized carbons (Fsp3) is 0.611. The predicted octanol–water partition coefficient (Wildman–Crippen LogP) is 2.84. The first-order valence-corrected chi connectivity index (χ1v) is 8.07. The smallest absolute Gasteiger partial charge is 0.229 e. The molecular weight excluding hydrogens is 260 g/mol. The molecule has 0 aliphatic heterocycles. The van der Waals surface area contributed by atoms with Gasteiger partial charge >= 0.3 is 0 Å². The highest BCUT2D eigenvalue weighted by molar-refractivity contribution is 5.83. The largest absolute Gasteiger partial charge is 0.345 e. The number of amides is 1. The van der Waals surface area contributed by atoms with Crippen LogP contribution in [0, 0.1) is 11.3 Å². The van der Waals surface area contributed by atoms with Crippen molar-refractivity contribution in [3.05, 3.63) is 35.9 Å². The zero-order valence-corrected chi connectivity index (χ0v) is 13.3. The van der Waals surface area contributed by atoms with Crippen LogP contribution >= 0.6 is 0 Å². The summed E-state index contributed by atoms with van der Waals surface area (Å²) < 4.78 is 0. The van der Waals surface area contributed by atoms with Crippen LogP contribution < -0.4 is 5.73 Å². The van der Waals surface area contributed by atoms with Crippen LogP contribution in [0.3, 0.4) is 0 Å². The Labute approximate surface area is 128 Å². The molecule has 3 nitrogen and oxygen atoms in total. The standard InChI is InChI=1S/C18H28N2O/c1-15-8-11-18(14-19,12-9-15)17(21)20(2)13-10-16-6-4-3-5-7-16/h3-7,15H,8-14,19H2,1-2H3. The maximum atomic E-state index is 12.8. The van der Waals surface area contributed by atoms with Crippen LogP contribution in [0.4, 0.5) is 0 Å². The molecule has 2 N–H and O–H groups in total. The number of nitrogens with two attached hydrogens (primary N) is 1. The van der Waals surface area contributed by atoms with Gasteiger partial charge in [-0.05, 0) is 43.6 Å². The first-order chi connectivity index (χ1) is 10.1. The van der Waals surface area contributed by atoms with Crippen molar-refractivity contribution in [3.63, 3.8) is 0 Å². The predicted molar refractivity (Wildman–Crippen MR) is 86.9 cm³/mol. The summed E-state index contributed by atoms with van der Waals surface area (Å²) in [7, 11) is 1.92. The van der Waals surface area contributed by atoms with E-state index in [2.05, 4.69) is 19.1 Å². The number of rotatable bonds is 5. The molecule has 116 valence electrons. The lowest BCUT2D eigenvalue weighted by atomic mass is 9.70. The molecular formula is C18H28N2O. The molecule has 1 aromatic carbocycles. The Morgan fingerprint density at radius 3 is 2.48 bits per heavy atom. The van der Waals surface area contributed by atoms with Gasteiger partial charge in [0.25, 0.3) is 0 Å². The molecule has 21 heavy (non-hydrogen) atoms. The number of carbonyl (C=O) groups is 1. The van der Waals surface area contributed by atoms with Crippen molar-refractivity contribution in [2.45, 2.75) is 39.0 Å². The summed E-state index contributed by atoms with van der Waals surface area (Å²) in [6, 6.07) is 10.3. The van der Waals surface area contributed by atoms with Gasteiger partial charge in [-0.3, -0.25) is 4.79 Å². The van der Waals surface area contributed by atoms with Crippen molar-refractivity contribution in [3.8, 4) is 0 Å². The van der Waals surface area contributed by atoms with Gasteiger partial charge in [0.1, 0.15) is 0 Å². The molecule has 3 heteroatoms. The van der Waals surface area contributed by atoms with E-state index in [-0.39, 0.29) is 11.3 Å². The number of carbonyl (C=O) groups excluding carboxylic acids is 1. The second-order valence-corrected chi connectivity index (χ2v) is 6.63. The van der Waals surface area contributed by atoms with Gasteiger partial charge in [0, 0.05) is 20.1 Å². The average Bonchev–Trinajstić information content (AvgIpc) is 2.54. The number of hydrogen-bond donors (Lipinski definition) is 1. The summed E-state index contributed by atoms with van der Waals surface area (Å²) in [5.74, 6) is 0.972. The van der Waals surface area contributed by atoms with Crippen molar-refractivity contribution < 1.29 is 4.79 Å². The minimum atomic E-state index is -0.308. The summed E-state index contributed by atoms with van der Waals surface area (Å²) in [4.78, 5) is 14.7. The van der Waals surface area contributed by atoms with Gasteiger partial charge in [0.15, 0.2) is 0 Å².